The molecule has 0 unspecified atom stereocenters. The Hall–Kier alpha value is -1.69. The van der Waals surface area contributed by atoms with Crippen LogP contribution in [0.5, 0.6) is 5.75 Å². The van der Waals surface area contributed by atoms with E-state index < -0.39 is 18.9 Å². The van der Waals surface area contributed by atoms with E-state index in [1.807, 2.05) is 0 Å². The van der Waals surface area contributed by atoms with Gasteiger partial charge in [-0.1, -0.05) is 12.1 Å². The molecule has 1 aromatic carbocycles. The second-order valence-electron chi connectivity index (χ2n) is 3.55. The van der Waals surface area contributed by atoms with Crippen LogP contribution in [0.4, 0.5) is 0 Å². The van der Waals surface area contributed by atoms with Crippen LogP contribution in [0.15, 0.2) is 30.0 Å². The maximum Gasteiger partial charge on any atom is 0.362 e. The minimum Gasteiger partial charge on any atom is -0.481 e. The van der Waals surface area contributed by atoms with E-state index in [1.54, 1.807) is 12.1 Å². The molecular weight excluding hydrogens is 261 g/mol. The molecule has 98 valence electrons. The van der Waals surface area contributed by atoms with Crippen LogP contribution in [0.3, 0.4) is 0 Å². The van der Waals surface area contributed by atoms with Crippen molar-refractivity contribution in [2.75, 3.05) is 6.35 Å². The summed E-state index contributed by atoms with van der Waals surface area (Å²) in [4.78, 5) is 27.1. The summed E-state index contributed by atoms with van der Waals surface area (Å²) >= 11 is 0. The summed E-state index contributed by atoms with van der Waals surface area (Å²) in [6.45, 7) is 1.37. The van der Waals surface area contributed by atoms with Crippen LogP contribution < -0.4 is 4.74 Å². The summed E-state index contributed by atoms with van der Waals surface area (Å²) in [6.07, 6.45) is 0.683. The van der Waals surface area contributed by atoms with Crippen LogP contribution >= 0.6 is 7.60 Å². The zero-order chi connectivity index (χ0) is 13.8. The molecule has 0 amide bonds. The molecule has 8 heteroatoms. The molecule has 0 fully saturated rings. The lowest BCUT2D eigenvalue weighted by Gasteiger charge is -2.07. The van der Waals surface area contributed by atoms with Crippen LogP contribution in [0.1, 0.15) is 12.5 Å². The molecule has 0 aliphatic carbocycles. The Balaban J connectivity index is 2.72. The van der Waals surface area contributed by atoms with Crippen molar-refractivity contribution in [1.82, 2.24) is 0 Å². The van der Waals surface area contributed by atoms with Gasteiger partial charge in [-0.3, -0.25) is 14.7 Å². The molecule has 0 saturated carbocycles. The Morgan fingerprint density at radius 3 is 2.44 bits per heavy atom. The summed E-state index contributed by atoms with van der Waals surface area (Å²) in [7, 11) is -4.20. The van der Waals surface area contributed by atoms with Gasteiger partial charge in [0.2, 0.25) is 5.70 Å². The van der Waals surface area contributed by atoms with E-state index in [0.29, 0.717) is 5.56 Å². The van der Waals surface area contributed by atoms with E-state index in [0.717, 1.165) is 0 Å². The van der Waals surface area contributed by atoms with E-state index in [1.165, 1.54) is 25.1 Å². The van der Waals surface area contributed by atoms with Crippen LogP contribution in [0, 0.1) is 10.1 Å². The average molecular weight is 273 g/mol. The third kappa shape index (κ3) is 5.09. The number of nitrogens with zero attached hydrogens (tertiary/aromatic N) is 1. The molecule has 0 aromatic heterocycles. The van der Waals surface area contributed by atoms with Crippen LogP contribution in [0.2, 0.25) is 0 Å². The van der Waals surface area contributed by atoms with Gasteiger partial charge in [0.05, 0.1) is 4.92 Å². The predicted octanol–water partition coefficient (Wildman–Crippen LogP) is 1.84. The molecular formula is C10H12NO6P. The summed E-state index contributed by atoms with van der Waals surface area (Å²) in [5.74, 6) is 0.286. The highest BCUT2D eigenvalue weighted by atomic mass is 31.2. The summed E-state index contributed by atoms with van der Waals surface area (Å²) in [5.41, 5.74) is 0.603. The van der Waals surface area contributed by atoms with Gasteiger partial charge in [0, 0.05) is 13.0 Å². The molecule has 1 aromatic rings. The van der Waals surface area contributed by atoms with Crippen molar-refractivity contribution < 1.29 is 24.0 Å². The first kappa shape index (κ1) is 14.4. The molecule has 0 saturated heterocycles. The van der Waals surface area contributed by atoms with Crippen molar-refractivity contribution in [2.24, 2.45) is 0 Å². The number of hydrogen-bond acceptors (Lipinski definition) is 4. The van der Waals surface area contributed by atoms with Crippen molar-refractivity contribution in [1.29, 1.82) is 0 Å². The monoisotopic (exact) mass is 273 g/mol. The Kier molecular flexibility index (Phi) is 4.61. The summed E-state index contributed by atoms with van der Waals surface area (Å²) in [6, 6.07) is 6.08. The third-order valence-corrected chi connectivity index (χ3v) is 2.41. The Morgan fingerprint density at radius 2 is 2.00 bits per heavy atom. The number of rotatable bonds is 5. The Labute approximate surface area is 103 Å². The molecule has 18 heavy (non-hydrogen) atoms. The van der Waals surface area contributed by atoms with E-state index in [-0.39, 0.29) is 11.4 Å². The SMILES string of the molecule is C/C(=C\c1ccc(OCP(=O)(O)O)cc1)[N+](=O)[O-]. The molecule has 0 aliphatic rings. The van der Waals surface area contributed by atoms with E-state index in [2.05, 4.69) is 0 Å². The van der Waals surface area contributed by atoms with E-state index >= 15 is 0 Å². The van der Waals surface area contributed by atoms with Gasteiger partial charge in [-0.05, 0) is 17.7 Å². The van der Waals surface area contributed by atoms with Gasteiger partial charge in [0.15, 0.2) is 6.35 Å². The molecule has 7 nitrogen and oxygen atoms in total. The first-order chi connectivity index (χ1) is 8.28. The van der Waals surface area contributed by atoms with Gasteiger partial charge in [-0.2, -0.15) is 0 Å². The maximum absolute atomic E-state index is 10.6. The first-order valence-electron chi connectivity index (χ1n) is 4.88. The summed E-state index contributed by atoms with van der Waals surface area (Å²) in [5, 5.41) is 10.4. The number of nitro groups is 1. The van der Waals surface area contributed by atoms with Gasteiger partial charge in [0.1, 0.15) is 5.75 Å². The summed E-state index contributed by atoms with van der Waals surface area (Å²) < 4.78 is 15.4. The molecule has 0 atom stereocenters. The fourth-order valence-electron chi connectivity index (χ4n) is 1.11. The third-order valence-electron chi connectivity index (χ3n) is 1.94. The molecule has 0 aliphatic heterocycles. The largest absolute Gasteiger partial charge is 0.481 e. The lowest BCUT2D eigenvalue weighted by molar-refractivity contribution is -0.422. The standard InChI is InChI=1S/C10H12NO6P/c1-8(11(12)13)6-9-2-4-10(5-3-9)17-7-18(14,15)16/h2-6H,7H2,1H3,(H2,14,15,16)/b8-6+. The smallest absolute Gasteiger partial charge is 0.362 e. The van der Waals surface area contributed by atoms with E-state index in [4.69, 9.17) is 14.5 Å². The second kappa shape index (κ2) is 5.77. The molecule has 2 N–H and O–H groups in total. The Morgan fingerprint density at radius 1 is 1.44 bits per heavy atom. The van der Waals surface area contributed by atoms with E-state index in [9.17, 15) is 14.7 Å². The lowest BCUT2D eigenvalue weighted by atomic mass is 10.2. The van der Waals surface area contributed by atoms with Gasteiger partial charge in [-0.25, -0.2) is 0 Å². The molecule has 0 radical (unpaired) electrons. The fourth-order valence-corrected chi connectivity index (χ4v) is 1.43. The zero-order valence-electron chi connectivity index (χ0n) is 9.52. The predicted molar refractivity (Wildman–Crippen MR) is 64.6 cm³/mol. The van der Waals surface area contributed by atoms with Gasteiger partial charge >= 0.3 is 7.60 Å². The Bertz CT molecular complexity index is 504. The maximum atomic E-state index is 10.6. The van der Waals surface area contributed by atoms with Crippen molar-refractivity contribution in [3.8, 4) is 5.75 Å². The quantitative estimate of drug-likeness (QED) is 0.481. The van der Waals surface area contributed by atoms with Crippen LogP contribution in [0.25, 0.3) is 6.08 Å². The first-order valence-corrected chi connectivity index (χ1v) is 6.68. The van der Waals surface area contributed by atoms with Crippen molar-refractivity contribution in [3.05, 3.63) is 45.6 Å². The fraction of sp³-hybridized carbons (Fsp3) is 0.200. The van der Waals surface area contributed by atoms with Crippen molar-refractivity contribution in [3.63, 3.8) is 0 Å². The lowest BCUT2D eigenvalue weighted by Crippen LogP contribution is -1.97. The second-order valence-corrected chi connectivity index (χ2v) is 5.14. The highest BCUT2D eigenvalue weighted by molar-refractivity contribution is 7.51. The highest BCUT2D eigenvalue weighted by Gasteiger charge is 2.13. The molecule has 1 rings (SSSR count). The van der Waals surface area contributed by atoms with Gasteiger partial charge < -0.3 is 14.5 Å². The highest BCUT2D eigenvalue weighted by Crippen LogP contribution is 2.34. The number of hydrogen-bond donors (Lipinski definition) is 2. The number of ether oxygens (including phenoxy) is 1. The topological polar surface area (TPSA) is 110 Å². The number of benzene rings is 1. The zero-order valence-corrected chi connectivity index (χ0v) is 10.4. The number of allylic oxidation sites excluding steroid dienone is 1. The molecule has 0 spiro atoms. The molecule has 0 heterocycles. The van der Waals surface area contributed by atoms with Crippen LogP contribution in [-0.4, -0.2) is 21.1 Å². The van der Waals surface area contributed by atoms with Gasteiger partial charge in [-0.15, -0.1) is 0 Å². The normalized spacial score (nSPS) is 12.3. The van der Waals surface area contributed by atoms with Crippen molar-refractivity contribution in [2.45, 2.75) is 6.92 Å². The van der Waals surface area contributed by atoms with Gasteiger partial charge in [0.25, 0.3) is 0 Å². The minimum absolute atomic E-state index is 0.00103. The van der Waals surface area contributed by atoms with Crippen LogP contribution in [-0.2, 0) is 4.57 Å². The van der Waals surface area contributed by atoms with Crippen molar-refractivity contribution >= 4 is 13.7 Å². The average Bonchev–Trinajstić information content (AvgIpc) is 2.27. The molecule has 0 bridgehead atoms. The minimum atomic E-state index is -4.20.